The first-order valence-electron chi connectivity index (χ1n) is 2.89. The maximum absolute atomic E-state index is 10.1. The van der Waals surface area contributed by atoms with Crippen LogP contribution in [0.1, 0.15) is 11.5 Å². The van der Waals surface area contributed by atoms with Gasteiger partial charge < -0.3 is 8.97 Å². The van der Waals surface area contributed by atoms with E-state index in [1.807, 2.05) is 4.72 Å². The Kier molecular flexibility index (Phi) is 2.25. The summed E-state index contributed by atoms with van der Waals surface area (Å²) in [6.07, 6.45) is 0. The normalized spacial score (nSPS) is 13.0. The van der Waals surface area contributed by atoms with Crippen LogP contribution in [0.25, 0.3) is 0 Å². The quantitative estimate of drug-likeness (QED) is 0.664. The molecular formula is C5H7N2O3S-. The smallest absolute Gasteiger partial charge is 0.306 e. The first-order chi connectivity index (χ1) is 5.09. The van der Waals surface area contributed by atoms with Crippen molar-refractivity contribution in [2.45, 2.75) is 13.8 Å². The molecule has 1 unspecified atom stereocenters. The zero-order valence-electron chi connectivity index (χ0n) is 6.08. The molecular weight excluding hydrogens is 168 g/mol. The van der Waals surface area contributed by atoms with E-state index in [2.05, 4.69) is 4.98 Å². The molecule has 1 N–H and O–H groups in total. The zero-order chi connectivity index (χ0) is 8.43. The fourth-order valence-electron chi connectivity index (χ4n) is 0.588. The van der Waals surface area contributed by atoms with E-state index in [9.17, 15) is 8.76 Å². The average molecular weight is 175 g/mol. The lowest BCUT2D eigenvalue weighted by Crippen LogP contribution is -2.01. The summed E-state index contributed by atoms with van der Waals surface area (Å²) in [5.41, 5.74) is 0.679. The molecule has 0 radical (unpaired) electrons. The molecule has 0 aliphatic heterocycles. The lowest BCUT2D eigenvalue weighted by molar-refractivity contribution is 0.526. The molecule has 62 valence electrons. The van der Waals surface area contributed by atoms with E-state index < -0.39 is 11.3 Å². The Morgan fingerprint density at radius 3 is 2.64 bits per heavy atom. The number of aryl methyl sites for hydroxylation is 2. The predicted octanol–water partition coefficient (Wildman–Crippen LogP) is 0.497. The van der Waals surface area contributed by atoms with Crippen LogP contribution in [0.4, 0.5) is 6.01 Å². The molecule has 0 aliphatic carbocycles. The zero-order valence-corrected chi connectivity index (χ0v) is 6.90. The van der Waals surface area contributed by atoms with Crippen molar-refractivity contribution in [3.05, 3.63) is 11.5 Å². The van der Waals surface area contributed by atoms with Crippen LogP contribution in [-0.2, 0) is 11.3 Å². The fourth-order valence-corrected chi connectivity index (χ4v) is 0.818. The van der Waals surface area contributed by atoms with Crippen molar-refractivity contribution in [1.82, 2.24) is 4.98 Å². The molecule has 0 spiro atoms. The van der Waals surface area contributed by atoms with E-state index >= 15 is 0 Å². The molecule has 1 aromatic rings. The number of oxazole rings is 1. The van der Waals surface area contributed by atoms with Crippen molar-refractivity contribution < 1.29 is 13.2 Å². The highest BCUT2D eigenvalue weighted by Gasteiger charge is 2.03. The third kappa shape index (κ3) is 2.02. The highest BCUT2D eigenvalue weighted by molar-refractivity contribution is 7.80. The average Bonchev–Trinajstić information content (AvgIpc) is 2.10. The number of anilines is 1. The predicted molar refractivity (Wildman–Crippen MR) is 38.5 cm³/mol. The van der Waals surface area contributed by atoms with E-state index in [1.54, 1.807) is 13.8 Å². The fraction of sp³-hybridized carbons (Fsp3) is 0.400. The van der Waals surface area contributed by atoms with Gasteiger partial charge in [0.05, 0.1) is 5.69 Å². The third-order valence-corrected chi connectivity index (χ3v) is 1.54. The van der Waals surface area contributed by atoms with Gasteiger partial charge in [-0.2, -0.15) is 4.98 Å². The largest absolute Gasteiger partial charge is 0.755 e. The molecule has 0 aromatic carbocycles. The number of nitrogens with zero attached hydrogens (tertiary/aromatic N) is 1. The highest BCUT2D eigenvalue weighted by atomic mass is 32.2. The Morgan fingerprint density at radius 2 is 2.27 bits per heavy atom. The van der Waals surface area contributed by atoms with Crippen molar-refractivity contribution in [1.29, 1.82) is 0 Å². The van der Waals surface area contributed by atoms with Gasteiger partial charge in [0, 0.05) is 11.3 Å². The Labute approximate surface area is 66.2 Å². The van der Waals surface area contributed by atoms with Gasteiger partial charge in [0.2, 0.25) is 0 Å². The molecule has 1 atom stereocenters. The third-order valence-electron chi connectivity index (χ3n) is 1.20. The standard InChI is InChI=1S/C5H8N2O3S/c1-3-4(2)10-5(6-3)7-11(8)9/h1-2H3,(H,6,7)(H,8,9)/p-1. The van der Waals surface area contributed by atoms with Crippen LogP contribution in [0, 0.1) is 13.8 Å². The first-order valence-corrected chi connectivity index (χ1v) is 3.97. The van der Waals surface area contributed by atoms with Crippen molar-refractivity contribution in [3.63, 3.8) is 0 Å². The summed E-state index contributed by atoms with van der Waals surface area (Å²) in [4.78, 5) is 3.78. The van der Waals surface area contributed by atoms with Crippen molar-refractivity contribution in [2.24, 2.45) is 0 Å². The number of aromatic nitrogens is 1. The summed E-state index contributed by atoms with van der Waals surface area (Å²) >= 11 is -2.37. The van der Waals surface area contributed by atoms with Crippen LogP contribution >= 0.6 is 0 Å². The van der Waals surface area contributed by atoms with Crippen molar-refractivity contribution in [2.75, 3.05) is 4.72 Å². The molecule has 0 aliphatic rings. The summed E-state index contributed by atoms with van der Waals surface area (Å²) in [5, 5.41) is 0. The van der Waals surface area contributed by atoms with Crippen molar-refractivity contribution >= 4 is 17.3 Å². The molecule has 0 saturated carbocycles. The number of nitrogens with one attached hydrogen (secondary N) is 1. The topological polar surface area (TPSA) is 78.2 Å². The van der Waals surface area contributed by atoms with Crippen LogP contribution in [-0.4, -0.2) is 13.7 Å². The van der Waals surface area contributed by atoms with Gasteiger partial charge in [-0.3, -0.25) is 8.93 Å². The minimum absolute atomic E-state index is 0.00772. The Balaban J connectivity index is 2.81. The molecule has 1 heterocycles. The lowest BCUT2D eigenvalue weighted by atomic mass is 10.4. The van der Waals surface area contributed by atoms with Gasteiger partial charge in [-0.05, 0) is 13.8 Å². The summed E-state index contributed by atoms with van der Waals surface area (Å²) in [5.74, 6) is 0.609. The second kappa shape index (κ2) is 3.02. The first kappa shape index (κ1) is 8.22. The van der Waals surface area contributed by atoms with Crippen LogP contribution in [0.5, 0.6) is 0 Å². The summed E-state index contributed by atoms with van der Waals surface area (Å²) in [7, 11) is 0. The monoisotopic (exact) mass is 175 g/mol. The molecule has 0 amide bonds. The molecule has 1 aromatic heterocycles. The van der Waals surface area contributed by atoms with Crippen LogP contribution in [0.15, 0.2) is 4.42 Å². The molecule has 1 rings (SSSR count). The van der Waals surface area contributed by atoms with E-state index in [0.717, 1.165) is 0 Å². The minimum atomic E-state index is -2.37. The van der Waals surface area contributed by atoms with E-state index in [-0.39, 0.29) is 6.01 Å². The Morgan fingerprint density at radius 1 is 1.64 bits per heavy atom. The second-order valence-corrected chi connectivity index (χ2v) is 2.67. The SMILES string of the molecule is Cc1nc(NS(=O)[O-])oc1C. The second-order valence-electron chi connectivity index (χ2n) is 2.00. The number of rotatable bonds is 2. The Hall–Kier alpha value is -0.880. The summed E-state index contributed by atoms with van der Waals surface area (Å²) in [6, 6.07) is 0.00772. The maximum Gasteiger partial charge on any atom is 0.306 e. The molecule has 0 fully saturated rings. The van der Waals surface area contributed by atoms with Gasteiger partial charge in [-0.1, -0.05) is 0 Å². The van der Waals surface area contributed by atoms with Gasteiger partial charge in [-0.25, -0.2) is 0 Å². The van der Waals surface area contributed by atoms with E-state index in [4.69, 9.17) is 4.42 Å². The molecule has 5 nitrogen and oxygen atoms in total. The van der Waals surface area contributed by atoms with Gasteiger partial charge >= 0.3 is 6.01 Å². The van der Waals surface area contributed by atoms with Crippen LogP contribution < -0.4 is 4.72 Å². The molecule has 0 bridgehead atoms. The van der Waals surface area contributed by atoms with Gasteiger partial charge in [0.1, 0.15) is 5.76 Å². The van der Waals surface area contributed by atoms with Gasteiger partial charge in [-0.15, -0.1) is 0 Å². The Bertz CT molecular complexity index is 264. The number of hydrogen-bond acceptors (Lipinski definition) is 4. The molecule has 6 heteroatoms. The minimum Gasteiger partial charge on any atom is -0.755 e. The highest BCUT2D eigenvalue weighted by Crippen LogP contribution is 2.12. The summed E-state index contributed by atoms with van der Waals surface area (Å²) in [6.45, 7) is 3.44. The lowest BCUT2D eigenvalue weighted by Gasteiger charge is -2.01. The van der Waals surface area contributed by atoms with Gasteiger partial charge in [0.25, 0.3) is 0 Å². The number of hydrogen-bond donors (Lipinski definition) is 1. The molecule has 11 heavy (non-hydrogen) atoms. The van der Waals surface area contributed by atoms with E-state index in [1.165, 1.54) is 0 Å². The summed E-state index contributed by atoms with van der Waals surface area (Å²) < 4.78 is 27.1. The van der Waals surface area contributed by atoms with Gasteiger partial charge in [0.15, 0.2) is 0 Å². The van der Waals surface area contributed by atoms with Crippen LogP contribution in [0.3, 0.4) is 0 Å². The van der Waals surface area contributed by atoms with Crippen molar-refractivity contribution in [3.8, 4) is 0 Å². The molecule has 0 saturated heterocycles. The van der Waals surface area contributed by atoms with Crippen LogP contribution in [0.2, 0.25) is 0 Å². The maximum atomic E-state index is 10.1. The van der Waals surface area contributed by atoms with E-state index in [0.29, 0.717) is 11.5 Å².